The highest BCUT2D eigenvalue weighted by Crippen LogP contribution is 2.61. The molecule has 20 rings (SSSR count). The lowest BCUT2D eigenvalue weighted by atomic mass is 9.79. The van der Waals surface area contributed by atoms with Crippen LogP contribution in [0.25, 0.3) is 99.1 Å². The van der Waals surface area contributed by atoms with Gasteiger partial charge in [0.15, 0.2) is 5.58 Å². The van der Waals surface area contributed by atoms with Crippen LogP contribution in [0.15, 0.2) is 288 Å². The smallest absolute Gasteiger partial charge is 0.159 e. The van der Waals surface area contributed by atoms with Gasteiger partial charge < -0.3 is 14.6 Å². The predicted octanol–water partition coefficient (Wildman–Crippen LogP) is 26.0. The molecule has 0 radical (unpaired) electrons. The maximum absolute atomic E-state index is 6.66. The van der Waals surface area contributed by atoms with Crippen LogP contribution in [-0.2, 0) is 28.1 Å². The van der Waals surface area contributed by atoms with E-state index in [1.54, 1.807) is 0 Å². The Kier molecular flexibility index (Phi) is 13.2. The summed E-state index contributed by atoms with van der Waals surface area (Å²) in [5, 5.41) is 10.9. The van der Waals surface area contributed by atoms with Gasteiger partial charge >= 0.3 is 0 Å². The molecule has 5 aliphatic rings. The van der Waals surface area contributed by atoms with Gasteiger partial charge in [-0.3, -0.25) is 0 Å². The summed E-state index contributed by atoms with van der Waals surface area (Å²) in [6.07, 6.45) is 1.02. The molecule has 0 aliphatic heterocycles. The summed E-state index contributed by atoms with van der Waals surface area (Å²) in [6, 6.07) is 102. The molecular formula is C93H73BrN2O. The second kappa shape index (κ2) is 21.7. The van der Waals surface area contributed by atoms with Crippen LogP contribution in [0.4, 0.5) is 28.4 Å². The average molecular weight is 1310 g/mol. The Balaban J connectivity index is 0.000000118. The first-order valence-corrected chi connectivity index (χ1v) is 35.0. The molecule has 1 aromatic heterocycles. The lowest BCUT2D eigenvalue weighted by molar-refractivity contribution is 0.652. The number of halogens is 1. The van der Waals surface area contributed by atoms with Gasteiger partial charge in [-0.2, -0.15) is 0 Å². The molecular weight excluding hydrogens is 1240 g/mol. The first kappa shape index (κ1) is 59.0. The first-order chi connectivity index (χ1) is 47.1. The highest BCUT2D eigenvalue weighted by atomic mass is 79.9. The highest BCUT2D eigenvalue weighted by molar-refractivity contribution is 9.10. The summed E-state index contributed by atoms with van der Waals surface area (Å²) in [5.74, 6) is 0. The third-order valence-electron chi connectivity index (χ3n) is 22.5. The van der Waals surface area contributed by atoms with Crippen LogP contribution in [0.5, 0.6) is 0 Å². The lowest BCUT2D eigenvalue weighted by Crippen LogP contribution is -2.18. The fraction of sp³-hybridized carbons (Fsp3) is 0.140. The second-order valence-corrected chi connectivity index (χ2v) is 30.1. The van der Waals surface area contributed by atoms with Crippen molar-refractivity contribution in [2.75, 3.05) is 10.2 Å². The van der Waals surface area contributed by atoms with E-state index >= 15 is 0 Å². The van der Waals surface area contributed by atoms with E-state index in [4.69, 9.17) is 4.42 Å². The molecule has 14 aromatic carbocycles. The molecule has 0 unspecified atom stereocenters. The van der Waals surface area contributed by atoms with E-state index in [2.05, 4.69) is 348 Å². The van der Waals surface area contributed by atoms with Crippen molar-refractivity contribution in [2.45, 2.75) is 83.5 Å². The Morgan fingerprint density at radius 1 is 0.330 bits per heavy atom. The van der Waals surface area contributed by atoms with Gasteiger partial charge in [0.25, 0.3) is 0 Å². The zero-order valence-corrected chi connectivity index (χ0v) is 57.6. The van der Waals surface area contributed by atoms with Crippen molar-refractivity contribution >= 4 is 87.9 Å². The number of nitrogens with one attached hydrogen (secondary N) is 1. The minimum atomic E-state index is -0.201. The molecule has 0 saturated heterocycles. The van der Waals surface area contributed by atoms with Crippen LogP contribution in [0.1, 0.15) is 111 Å². The Hall–Kier alpha value is -10.5. The molecule has 0 bridgehead atoms. The molecule has 5 aliphatic carbocycles. The van der Waals surface area contributed by atoms with Gasteiger partial charge in [0, 0.05) is 65.8 Å². The molecule has 1 heterocycles. The maximum Gasteiger partial charge on any atom is 0.159 e. The minimum Gasteiger partial charge on any atom is -0.454 e. The fourth-order valence-electron chi connectivity index (χ4n) is 17.5. The molecule has 4 heteroatoms. The van der Waals surface area contributed by atoms with E-state index in [1.165, 1.54) is 143 Å². The van der Waals surface area contributed by atoms with E-state index in [0.29, 0.717) is 0 Å². The van der Waals surface area contributed by atoms with Crippen LogP contribution < -0.4 is 10.2 Å². The first-order valence-electron chi connectivity index (χ1n) is 34.2. The molecule has 0 fully saturated rings. The van der Waals surface area contributed by atoms with Crippen molar-refractivity contribution in [3.05, 3.63) is 339 Å². The number of anilines is 5. The standard InChI is InChI=1S/C46H35NO.C28H23Br.C19H15N/c1-45(2)36-22-12-10-17-29(36)34-25-38-35(26-37(34)45)43-32-20-9-8-18-30(32)41(27-39(43)46(38,3)4)47(28-15-6-5-7-16-28)40-23-14-21-33-31-19-11-13-24-42(31)48-44(33)40;1-27(2)21-12-8-7-9-16(21)19-13-23-20(14-22(19)27)26-18-11-6-5-10-17(18)25(29)15-24(26)28(23,3)4;1-2-8-15(9-3-1)20-19-12-6-11-17-16-10-5-4-7-14(16)13-18(17)19/h5-27H,1-4H3;5-15H,1-4H3;1-12,20H,13H2. The molecule has 3 nitrogen and oxygen atoms in total. The highest BCUT2D eigenvalue weighted by Gasteiger charge is 2.45. The maximum atomic E-state index is 6.66. The van der Waals surface area contributed by atoms with Crippen LogP contribution in [0.2, 0.25) is 0 Å². The molecule has 0 saturated carbocycles. The molecule has 0 amide bonds. The minimum absolute atomic E-state index is 0.0199. The zero-order chi connectivity index (χ0) is 65.9. The van der Waals surface area contributed by atoms with Gasteiger partial charge in [0.2, 0.25) is 0 Å². The van der Waals surface area contributed by atoms with Gasteiger partial charge in [0.1, 0.15) is 5.58 Å². The number of rotatable bonds is 5. The van der Waals surface area contributed by atoms with E-state index in [9.17, 15) is 0 Å². The Morgan fingerprint density at radius 3 is 1.42 bits per heavy atom. The summed E-state index contributed by atoms with van der Waals surface area (Å²) in [7, 11) is 0. The van der Waals surface area contributed by atoms with Gasteiger partial charge in [-0.05, 0) is 206 Å². The second-order valence-electron chi connectivity index (χ2n) is 29.2. The quantitative estimate of drug-likeness (QED) is 0.186. The van der Waals surface area contributed by atoms with Crippen molar-refractivity contribution in [2.24, 2.45) is 0 Å². The monoisotopic (exact) mass is 1310 g/mol. The van der Waals surface area contributed by atoms with Crippen LogP contribution in [0.3, 0.4) is 0 Å². The van der Waals surface area contributed by atoms with Crippen molar-refractivity contribution in [3.63, 3.8) is 0 Å². The van der Waals surface area contributed by atoms with Crippen LogP contribution >= 0.6 is 15.9 Å². The van der Waals surface area contributed by atoms with Crippen molar-refractivity contribution in [1.82, 2.24) is 0 Å². The van der Waals surface area contributed by atoms with Crippen molar-refractivity contribution in [3.8, 4) is 55.6 Å². The van der Waals surface area contributed by atoms with E-state index in [1.807, 2.05) is 12.1 Å². The summed E-state index contributed by atoms with van der Waals surface area (Å²) in [6.45, 7) is 19.0. The van der Waals surface area contributed by atoms with Gasteiger partial charge in [-0.1, -0.05) is 272 Å². The average Bonchev–Trinajstić information content (AvgIpc) is 1.55. The number of para-hydroxylation sites is 4. The molecule has 468 valence electrons. The Bertz CT molecular complexity index is 5790. The van der Waals surface area contributed by atoms with Crippen LogP contribution in [-0.4, -0.2) is 0 Å². The lowest BCUT2D eigenvalue weighted by Gasteiger charge is -2.29. The molecule has 0 spiro atoms. The van der Waals surface area contributed by atoms with Gasteiger partial charge in [-0.15, -0.1) is 0 Å². The summed E-state index contributed by atoms with van der Waals surface area (Å²) >= 11 is 3.84. The van der Waals surface area contributed by atoms with E-state index < -0.39 is 0 Å². The normalized spacial score (nSPS) is 14.9. The van der Waals surface area contributed by atoms with E-state index in [0.717, 1.165) is 51.1 Å². The van der Waals surface area contributed by atoms with Crippen LogP contribution in [0, 0.1) is 0 Å². The number of nitrogens with zero attached hydrogens (tertiary/aromatic N) is 1. The fourth-order valence-corrected chi connectivity index (χ4v) is 18.1. The van der Waals surface area contributed by atoms with Crippen molar-refractivity contribution < 1.29 is 4.42 Å². The number of hydrogen-bond acceptors (Lipinski definition) is 3. The predicted molar refractivity (Wildman–Crippen MR) is 412 cm³/mol. The van der Waals surface area contributed by atoms with E-state index in [-0.39, 0.29) is 21.7 Å². The van der Waals surface area contributed by atoms with Crippen molar-refractivity contribution in [1.29, 1.82) is 0 Å². The Labute approximate surface area is 576 Å². The zero-order valence-electron chi connectivity index (χ0n) is 56.0. The summed E-state index contributed by atoms with van der Waals surface area (Å²) in [5.41, 5.74) is 35.2. The van der Waals surface area contributed by atoms with Gasteiger partial charge in [0.05, 0.1) is 11.4 Å². The van der Waals surface area contributed by atoms with Gasteiger partial charge in [-0.25, -0.2) is 0 Å². The summed E-state index contributed by atoms with van der Waals surface area (Å²) < 4.78 is 7.84. The number of fused-ring (bicyclic) bond motifs is 22. The molecule has 15 aromatic rings. The largest absolute Gasteiger partial charge is 0.454 e. The third-order valence-corrected chi connectivity index (χ3v) is 23.1. The topological polar surface area (TPSA) is 28.4 Å². The third kappa shape index (κ3) is 8.85. The number of furan rings is 1. The number of benzene rings is 14. The molecule has 1 N–H and O–H groups in total. The molecule has 97 heavy (non-hydrogen) atoms. The Morgan fingerprint density at radius 2 is 0.784 bits per heavy atom. The SMILES string of the molecule is CC1(C)c2ccccc2-c2cc3c(cc21)-c1c(cc(Br)c2ccccc12)C3(C)C.CC1(C)c2ccccc2-c2cc3c(cc21)-c1c(cc(N(c2ccccc2)c2cccc4c2oc2ccccc24)c2ccccc12)C3(C)C.c1ccc(Nc2cccc3c2Cc2ccccc2-3)cc1. The molecule has 0 atom stereocenters. The summed E-state index contributed by atoms with van der Waals surface area (Å²) in [4.78, 5) is 2.41. The number of hydrogen-bond donors (Lipinski definition) is 1.